The Kier molecular flexibility index (Phi) is 1.78. The summed E-state index contributed by atoms with van der Waals surface area (Å²) >= 11 is 9.95. The average Bonchev–Trinajstić information content (AvgIpc) is 2.31. The summed E-state index contributed by atoms with van der Waals surface area (Å²) in [5.74, 6) is 0. The van der Waals surface area contributed by atoms with E-state index in [0.29, 0.717) is 4.77 Å². The van der Waals surface area contributed by atoms with Crippen molar-refractivity contribution in [2.24, 2.45) is 0 Å². The maximum Gasteiger partial charge on any atom is 0.175 e. The monoisotopic (exact) mass is 194 g/mol. The van der Waals surface area contributed by atoms with Gasteiger partial charge in [-0.25, -0.2) is 0 Å². The third-order valence-corrected chi connectivity index (χ3v) is 2.09. The Hall–Kier alpha value is -1.00. The fourth-order valence-corrected chi connectivity index (χ4v) is 1.42. The molecule has 0 saturated heterocycles. The number of nitrogens with one attached hydrogen (secondary N) is 2. The van der Waals surface area contributed by atoms with Crippen molar-refractivity contribution in [2.75, 3.05) is 0 Å². The Bertz CT molecular complexity index is 479. The van der Waals surface area contributed by atoms with E-state index in [0.717, 1.165) is 15.5 Å². The Labute approximate surface area is 79.3 Å². The molecule has 0 radical (unpaired) electrons. The van der Waals surface area contributed by atoms with Gasteiger partial charge < -0.3 is 9.97 Å². The molecular formula is C8H6N2S2. The molecule has 0 aliphatic rings. The lowest BCUT2D eigenvalue weighted by Gasteiger charge is -1.74. The third-order valence-electron chi connectivity index (χ3n) is 1.62. The molecule has 2 N–H and O–H groups in total. The lowest BCUT2D eigenvalue weighted by atomic mass is 10.4. The molecule has 1 aromatic carbocycles. The first-order valence-corrected chi connectivity index (χ1v) is 4.30. The summed E-state index contributed by atoms with van der Waals surface area (Å²) in [7, 11) is 0. The Balaban J connectivity index is 3.00. The van der Waals surface area contributed by atoms with Gasteiger partial charge >= 0.3 is 0 Å². The van der Waals surface area contributed by atoms with E-state index in [9.17, 15) is 0 Å². The number of imidazole rings is 1. The van der Waals surface area contributed by atoms with Gasteiger partial charge in [-0.3, -0.25) is 0 Å². The molecule has 2 rings (SSSR count). The van der Waals surface area contributed by atoms with Crippen LogP contribution in [0.1, 0.15) is 0 Å². The lowest BCUT2D eigenvalue weighted by molar-refractivity contribution is 1.30. The average molecular weight is 194 g/mol. The number of fused-ring (bicyclic) bond motifs is 1. The van der Waals surface area contributed by atoms with Crippen LogP contribution in [0.4, 0.5) is 0 Å². The highest BCUT2D eigenvalue weighted by Crippen LogP contribution is 2.07. The zero-order chi connectivity index (χ0) is 8.55. The molecule has 0 fully saturated rings. The van der Waals surface area contributed by atoms with E-state index >= 15 is 0 Å². The molecule has 1 aromatic heterocycles. The van der Waals surface area contributed by atoms with Crippen LogP contribution in [0.2, 0.25) is 0 Å². The van der Waals surface area contributed by atoms with Crippen molar-refractivity contribution in [1.82, 2.24) is 9.97 Å². The summed E-state index contributed by atoms with van der Waals surface area (Å²) < 4.78 is 1.46. The third kappa shape index (κ3) is 1.31. The molecular weight excluding hydrogens is 188 g/mol. The van der Waals surface area contributed by atoms with Crippen molar-refractivity contribution < 1.29 is 0 Å². The van der Waals surface area contributed by atoms with E-state index < -0.39 is 0 Å². The summed E-state index contributed by atoms with van der Waals surface area (Å²) in [4.78, 5) is 6.04. The number of hydrogen-bond donors (Lipinski definition) is 2. The Morgan fingerprint density at radius 2 is 1.33 bits per heavy atom. The molecule has 0 atom stereocenters. The summed E-state index contributed by atoms with van der Waals surface area (Å²) in [6.45, 7) is 0. The van der Waals surface area contributed by atoms with Gasteiger partial charge in [0.15, 0.2) is 4.77 Å². The largest absolute Gasteiger partial charge is 0.331 e. The molecule has 0 amide bonds. The molecule has 60 valence electrons. The van der Waals surface area contributed by atoms with Gasteiger partial charge in [-0.2, -0.15) is 0 Å². The highest BCUT2D eigenvalue weighted by Gasteiger charge is 1.90. The van der Waals surface area contributed by atoms with E-state index in [4.69, 9.17) is 24.4 Å². The molecule has 2 nitrogen and oxygen atoms in total. The predicted octanol–water partition coefficient (Wildman–Crippen LogP) is 2.95. The zero-order valence-electron chi connectivity index (χ0n) is 6.13. The fraction of sp³-hybridized carbons (Fsp3) is 0. The minimum Gasteiger partial charge on any atom is -0.331 e. The maximum atomic E-state index is 5.01. The van der Waals surface area contributed by atoms with Gasteiger partial charge in [-0.1, -0.05) is 12.2 Å². The number of hydrogen-bond acceptors (Lipinski definition) is 2. The van der Waals surface area contributed by atoms with Crippen LogP contribution >= 0.6 is 24.4 Å². The molecule has 0 saturated carbocycles. The van der Waals surface area contributed by atoms with Gasteiger partial charge in [0, 0.05) is 4.51 Å². The van der Waals surface area contributed by atoms with Crippen molar-refractivity contribution >= 4 is 35.5 Å². The van der Waals surface area contributed by atoms with Crippen molar-refractivity contribution in [1.29, 1.82) is 0 Å². The van der Waals surface area contributed by atoms with E-state index in [-0.39, 0.29) is 0 Å². The Morgan fingerprint density at radius 1 is 0.833 bits per heavy atom. The SMILES string of the molecule is S=c1ccc2[nH]c(=S)[nH]c2cc1. The van der Waals surface area contributed by atoms with Crippen LogP contribution in [0.25, 0.3) is 11.0 Å². The quantitative estimate of drug-likeness (QED) is 0.632. The number of H-pyrrole nitrogens is 2. The molecule has 0 unspecified atom stereocenters. The first-order chi connectivity index (χ1) is 5.75. The van der Waals surface area contributed by atoms with E-state index in [1.54, 1.807) is 0 Å². The van der Waals surface area contributed by atoms with E-state index in [2.05, 4.69) is 9.97 Å². The van der Waals surface area contributed by atoms with Gasteiger partial charge in [-0.15, -0.1) is 0 Å². The summed E-state index contributed by atoms with van der Waals surface area (Å²) in [6.07, 6.45) is 0. The van der Waals surface area contributed by atoms with Crippen LogP contribution < -0.4 is 0 Å². The van der Waals surface area contributed by atoms with Gasteiger partial charge in [-0.05, 0) is 36.5 Å². The first kappa shape index (κ1) is 7.64. The van der Waals surface area contributed by atoms with Crippen molar-refractivity contribution in [2.45, 2.75) is 0 Å². The van der Waals surface area contributed by atoms with Crippen LogP contribution in [0.3, 0.4) is 0 Å². The Morgan fingerprint density at radius 3 is 1.83 bits per heavy atom. The van der Waals surface area contributed by atoms with E-state index in [1.807, 2.05) is 24.3 Å². The summed E-state index contributed by atoms with van der Waals surface area (Å²) in [5.41, 5.74) is 1.97. The second-order valence-electron chi connectivity index (χ2n) is 2.48. The van der Waals surface area contributed by atoms with Crippen LogP contribution in [0.15, 0.2) is 24.3 Å². The highest BCUT2D eigenvalue weighted by atomic mass is 32.1. The van der Waals surface area contributed by atoms with Gasteiger partial charge in [0.1, 0.15) is 0 Å². The van der Waals surface area contributed by atoms with Gasteiger partial charge in [0.25, 0.3) is 0 Å². The normalized spacial score (nSPS) is 10.3. The smallest absolute Gasteiger partial charge is 0.175 e. The maximum absolute atomic E-state index is 5.01. The molecule has 0 aliphatic carbocycles. The van der Waals surface area contributed by atoms with Crippen LogP contribution in [-0.2, 0) is 0 Å². The van der Waals surface area contributed by atoms with Crippen molar-refractivity contribution in [3.8, 4) is 0 Å². The molecule has 0 spiro atoms. The van der Waals surface area contributed by atoms with Crippen LogP contribution in [0, 0.1) is 9.28 Å². The van der Waals surface area contributed by atoms with Crippen LogP contribution in [0.5, 0.6) is 0 Å². The molecule has 12 heavy (non-hydrogen) atoms. The van der Waals surface area contributed by atoms with Crippen molar-refractivity contribution in [3.63, 3.8) is 0 Å². The lowest BCUT2D eigenvalue weighted by Crippen LogP contribution is -1.58. The highest BCUT2D eigenvalue weighted by molar-refractivity contribution is 7.71. The standard InChI is InChI=1S/C8H6N2S2/c11-5-1-3-6-7(4-2-5)10-8(12)9-6/h1-4H,(H2,9,10,12). The molecule has 0 aliphatic heterocycles. The molecule has 4 heteroatoms. The number of aromatic amines is 2. The minimum absolute atomic E-state index is 0.641. The molecule has 1 heterocycles. The number of aromatic nitrogens is 2. The van der Waals surface area contributed by atoms with Crippen LogP contribution in [-0.4, -0.2) is 9.97 Å². The molecule has 0 bridgehead atoms. The van der Waals surface area contributed by atoms with Gasteiger partial charge in [0.05, 0.1) is 11.0 Å². The van der Waals surface area contributed by atoms with E-state index in [1.165, 1.54) is 0 Å². The topological polar surface area (TPSA) is 31.6 Å². The molecule has 2 aromatic rings. The second-order valence-corrected chi connectivity index (χ2v) is 3.36. The van der Waals surface area contributed by atoms with Crippen molar-refractivity contribution in [3.05, 3.63) is 33.5 Å². The zero-order valence-corrected chi connectivity index (χ0v) is 7.76. The summed E-state index contributed by atoms with van der Waals surface area (Å²) in [5, 5.41) is 0. The predicted molar refractivity (Wildman–Crippen MR) is 54.3 cm³/mol. The first-order valence-electron chi connectivity index (χ1n) is 3.48. The summed E-state index contributed by atoms with van der Waals surface area (Å²) in [6, 6.07) is 7.58. The van der Waals surface area contributed by atoms with Gasteiger partial charge in [0.2, 0.25) is 0 Å². The second kappa shape index (κ2) is 2.80. The number of rotatable bonds is 0. The fourth-order valence-electron chi connectivity index (χ4n) is 1.06. The minimum atomic E-state index is 0.641.